The molecule has 8 heteroatoms. The van der Waals surface area contributed by atoms with Gasteiger partial charge in [-0.25, -0.2) is 0 Å². The van der Waals surface area contributed by atoms with Crippen molar-refractivity contribution in [3.05, 3.63) is 33.9 Å². The first-order chi connectivity index (χ1) is 13.1. The molecule has 0 aliphatic carbocycles. The van der Waals surface area contributed by atoms with E-state index in [9.17, 15) is 19.7 Å². The van der Waals surface area contributed by atoms with Crippen molar-refractivity contribution in [2.24, 2.45) is 11.8 Å². The molecule has 1 aliphatic rings. The number of nitro benzene ring substituents is 1. The van der Waals surface area contributed by atoms with Gasteiger partial charge in [-0.3, -0.25) is 19.7 Å². The first kappa shape index (κ1) is 21.7. The maximum Gasteiger partial charge on any atom is 0.325 e. The number of carbonyl (C=O) groups is 2. The van der Waals surface area contributed by atoms with Crippen molar-refractivity contribution >= 4 is 23.3 Å². The minimum absolute atomic E-state index is 0.0890. The maximum absolute atomic E-state index is 12.9. The van der Waals surface area contributed by atoms with Crippen molar-refractivity contribution < 1.29 is 19.2 Å². The highest BCUT2D eigenvalue weighted by atomic mass is 16.6. The molecule has 1 amide bonds. The third kappa shape index (κ3) is 4.99. The third-order valence-electron chi connectivity index (χ3n) is 5.04. The molecule has 1 aliphatic heterocycles. The average Bonchev–Trinajstić information content (AvgIpc) is 2.63. The van der Waals surface area contributed by atoms with E-state index in [0.717, 1.165) is 19.5 Å². The lowest BCUT2D eigenvalue weighted by Gasteiger charge is -2.36. The molecule has 0 bridgehead atoms. The van der Waals surface area contributed by atoms with Gasteiger partial charge in [-0.2, -0.15) is 0 Å². The predicted octanol–water partition coefficient (Wildman–Crippen LogP) is 3.10. The molecule has 1 saturated heterocycles. The second-order valence-electron chi connectivity index (χ2n) is 7.91. The van der Waals surface area contributed by atoms with Crippen LogP contribution in [0.2, 0.25) is 0 Å². The standard InChI is InChI=1S/C20H29N3O5/c1-13(2)22(12-19(24)28-5)20(25)16-6-7-17(18(9-16)23(26)27)21-10-14(3)8-15(4)11-21/h6-7,9,13-15H,8,10-12H2,1-5H3. The number of piperidine rings is 1. The molecule has 2 atom stereocenters. The largest absolute Gasteiger partial charge is 0.468 e. The van der Waals surface area contributed by atoms with Crippen LogP contribution in [-0.4, -0.2) is 54.5 Å². The third-order valence-corrected chi connectivity index (χ3v) is 5.04. The van der Waals surface area contributed by atoms with Gasteiger partial charge in [-0.05, 0) is 44.2 Å². The van der Waals surface area contributed by atoms with Crippen molar-refractivity contribution in [1.29, 1.82) is 0 Å². The molecule has 154 valence electrons. The number of amides is 1. The van der Waals surface area contributed by atoms with Gasteiger partial charge in [0.1, 0.15) is 12.2 Å². The Bertz CT molecular complexity index is 739. The fraction of sp³-hybridized carbons (Fsp3) is 0.600. The van der Waals surface area contributed by atoms with Crippen LogP contribution in [0.5, 0.6) is 0 Å². The van der Waals surface area contributed by atoms with Crippen LogP contribution in [0.3, 0.4) is 0 Å². The molecule has 28 heavy (non-hydrogen) atoms. The van der Waals surface area contributed by atoms with Gasteiger partial charge in [0.25, 0.3) is 11.6 Å². The van der Waals surface area contributed by atoms with E-state index in [-0.39, 0.29) is 23.8 Å². The molecule has 0 radical (unpaired) electrons. The quantitative estimate of drug-likeness (QED) is 0.420. The number of benzene rings is 1. The van der Waals surface area contributed by atoms with Crippen LogP contribution in [0.25, 0.3) is 0 Å². The number of esters is 1. The molecule has 1 fully saturated rings. The fourth-order valence-electron chi connectivity index (χ4n) is 3.79. The fourth-order valence-corrected chi connectivity index (χ4v) is 3.79. The van der Waals surface area contributed by atoms with Crippen LogP contribution < -0.4 is 4.90 Å². The van der Waals surface area contributed by atoms with Crippen LogP contribution in [0.4, 0.5) is 11.4 Å². The molecule has 0 spiro atoms. The first-order valence-electron chi connectivity index (χ1n) is 9.55. The lowest BCUT2D eigenvalue weighted by atomic mass is 9.91. The summed E-state index contributed by atoms with van der Waals surface area (Å²) in [5, 5.41) is 11.7. The van der Waals surface area contributed by atoms with Crippen molar-refractivity contribution in [2.75, 3.05) is 31.6 Å². The lowest BCUT2D eigenvalue weighted by molar-refractivity contribution is -0.384. The zero-order valence-corrected chi connectivity index (χ0v) is 17.2. The summed E-state index contributed by atoms with van der Waals surface area (Å²) < 4.78 is 4.65. The number of rotatable bonds is 6. The molecular formula is C20H29N3O5. The zero-order chi connectivity index (χ0) is 21.0. The van der Waals surface area contributed by atoms with E-state index >= 15 is 0 Å². The Morgan fingerprint density at radius 1 is 1.29 bits per heavy atom. The molecule has 1 aromatic carbocycles. The van der Waals surface area contributed by atoms with Gasteiger partial charge in [0.15, 0.2) is 0 Å². The molecule has 0 saturated carbocycles. The zero-order valence-electron chi connectivity index (χ0n) is 17.2. The number of methoxy groups -OCH3 is 1. The molecule has 8 nitrogen and oxygen atoms in total. The second-order valence-corrected chi connectivity index (χ2v) is 7.91. The summed E-state index contributed by atoms with van der Waals surface area (Å²) >= 11 is 0. The maximum atomic E-state index is 12.9. The monoisotopic (exact) mass is 391 g/mol. The number of hydrogen-bond donors (Lipinski definition) is 0. The number of ether oxygens (including phenoxy) is 1. The minimum Gasteiger partial charge on any atom is -0.468 e. The number of hydrogen-bond acceptors (Lipinski definition) is 6. The van der Waals surface area contributed by atoms with Gasteiger partial charge in [-0.1, -0.05) is 13.8 Å². The van der Waals surface area contributed by atoms with Crippen LogP contribution in [0, 0.1) is 22.0 Å². The summed E-state index contributed by atoms with van der Waals surface area (Å²) in [6.45, 7) is 9.13. The van der Waals surface area contributed by atoms with E-state index < -0.39 is 16.8 Å². The van der Waals surface area contributed by atoms with Gasteiger partial charge in [0, 0.05) is 30.8 Å². The number of nitro groups is 1. The summed E-state index contributed by atoms with van der Waals surface area (Å²) in [4.78, 5) is 39.1. The molecule has 1 aromatic rings. The van der Waals surface area contributed by atoms with E-state index in [1.807, 2.05) is 4.90 Å². The Morgan fingerprint density at radius 2 is 1.89 bits per heavy atom. The van der Waals surface area contributed by atoms with Gasteiger partial charge in [-0.15, -0.1) is 0 Å². The normalized spacial score (nSPS) is 19.4. The first-order valence-corrected chi connectivity index (χ1v) is 9.55. The van der Waals surface area contributed by atoms with Gasteiger partial charge >= 0.3 is 5.97 Å². The molecule has 2 rings (SSSR count). The van der Waals surface area contributed by atoms with E-state index in [0.29, 0.717) is 17.5 Å². The van der Waals surface area contributed by atoms with E-state index in [2.05, 4.69) is 18.6 Å². The summed E-state index contributed by atoms with van der Waals surface area (Å²) in [6, 6.07) is 4.30. The van der Waals surface area contributed by atoms with Crippen LogP contribution in [-0.2, 0) is 9.53 Å². The Morgan fingerprint density at radius 3 is 2.39 bits per heavy atom. The van der Waals surface area contributed by atoms with Crippen molar-refractivity contribution in [2.45, 2.75) is 40.2 Å². The Labute approximate surface area is 165 Å². The topological polar surface area (TPSA) is 93.0 Å². The molecule has 0 aromatic heterocycles. The number of anilines is 1. The average molecular weight is 391 g/mol. The van der Waals surface area contributed by atoms with Crippen LogP contribution in [0.15, 0.2) is 18.2 Å². The van der Waals surface area contributed by atoms with E-state index in [1.165, 1.54) is 18.1 Å². The Kier molecular flexibility index (Phi) is 6.99. The van der Waals surface area contributed by atoms with E-state index in [1.54, 1.807) is 26.0 Å². The summed E-state index contributed by atoms with van der Waals surface area (Å²) in [6.07, 6.45) is 1.09. The number of nitrogens with zero attached hydrogens (tertiary/aromatic N) is 3. The van der Waals surface area contributed by atoms with Crippen LogP contribution in [0.1, 0.15) is 44.5 Å². The van der Waals surface area contributed by atoms with Crippen molar-refractivity contribution in [3.8, 4) is 0 Å². The minimum atomic E-state index is -0.538. The van der Waals surface area contributed by atoms with E-state index in [4.69, 9.17) is 0 Å². The highest BCUT2D eigenvalue weighted by Gasteiger charge is 2.29. The summed E-state index contributed by atoms with van der Waals surface area (Å²) in [5.74, 6) is -0.0813. The van der Waals surface area contributed by atoms with Crippen molar-refractivity contribution in [1.82, 2.24) is 4.90 Å². The van der Waals surface area contributed by atoms with Gasteiger partial charge < -0.3 is 14.5 Å². The summed E-state index contributed by atoms with van der Waals surface area (Å²) in [7, 11) is 1.26. The van der Waals surface area contributed by atoms with Crippen molar-refractivity contribution in [3.63, 3.8) is 0 Å². The Hall–Kier alpha value is -2.64. The smallest absolute Gasteiger partial charge is 0.325 e. The van der Waals surface area contributed by atoms with Gasteiger partial charge in [0.2, 0.25) is 0 Å². The van der Waals surface area contributed by atoms with Gasteiger partial charge in [0.05, 0.1) is 12.0 Å². The summed E-state index contributed by atoms with van der Waals surface area (Å²) in [5.41, 5.74) is 0.629. The highest BCUT2D eigenvalue weighted by Crippen LogP contribution is 2.34. The Balaban J connectivity index is 2.36. The molecule has 2 unspecified atom stereocenters. The molecular weight excluding hydrogens is 362 g/mol. The number of carbonyl (C=O) groups excluding carboxylic acids is 2. The molecule has 1 heterocycles. The second kappa shape index (κ2) is 9.03. The highest BCUT2D eigenvalue weighted by molar-refractivity contribution is 5.97. The predicted molar refractivity (Wildman–Crippen MR) is 106 cm³/mol. The SMILES string of the molecule is COC(=O)CN(C(=O)c1ccc(N2CC(C)CC(C)C2)c([N+](=O)[O-])c1)C(C)C. The lowest BCUT2D eigenvalue weighted by Crippen LogP contribution is -2.41. The molecule has 0 N–H and O–H groups in total. The van der Waals surface area contributed by atoms with Crippen LogP contribution >= 0.6 is 0 Å².